The van der Waals surface area contributed by atoms with E-state index < -0.39 is 0 Å². The van der Waals surface area contributed by atoms with Gasteiger partial charge < -0.3 is 10.6 Å². The van der Waals surface area contributed by atoms with Gasteiger partial charge >= 0.3 is 0 Å². The Hall–Kier alpha value is -1.88. The highest BCUT2D eigenvalue weighted by Gasteiger charge is 2.08. The minimum Gasteiger partial charge on any atom is -0.376 e. The molecule has 0 bridgehead atoms. The molecule has 4 nitrogen and oxygen atoms in total. The van der Waals surface area contributed by atoms with E-state index in [1.54, 1.807) is 0 Å². The first-order valence-corrected chi connectivity index (χ1v) is 7.05. The lowest BCUT2D eigenvalue weighted by molar-refractivity contribution is -0.114. The second kappa shape index (κ2) is 6.33. The molecule has 2 N–H and O–H groups in total. The Bertz CT molecular complexity index is 551. The van der Waals surface area contributed by atoms with Gasteiger partial charge in [-0.3, -0.25) is 4.79 Å². The maximum absolute atomic E-state index is 11.8. The molecule has 1 aromatic carbocycles. The van der Waals surface area contributed by atoms with E-state index in [4.69, 9.17) is 0 Å². The zero-order valence-corrected chi connectivity index (χ0v) is 11.9. The molecular weight excluding hydrogens is 258 g/mol. The molecule has 0 atom stereocenters. The van der Waals surface area contributed by atoms with Gasteiger partial charge in [-0.05, 0) is 25.5 Å². The summed E-state index contributed by atoms with van der Waals surface area (Å²) in [5.41, 5.74) is 1.98. The van der Waals surface area contributed by atoms with Crippen LogP contribution in [0.25, 0.3) is 0 Å². The summed E-state index contributed by atoms with van der Waals surface area (Å²) in [6.45, 7) is 4.32. The zero-order chi connectivity index (χ0) is 13.7. The number of hydrogen-bond donors (Lipinski definition) is 2. The van der Waals surface area contributed by atoms with Crippen LogP contribution < -0.4 is 10.6 Å². The fourth-order valence-corrected chi connectivity index (χ4v) is 2.63. The van der Waals surface area contributed by atoms with Crippen LogP contribution in [0.5, 0.6) is 0 Å². The van der Waals surface area contributed by atoms with Gasteiger partial charge in [0, 0.05) is 10.6 Å². The first kappa shape index (κ1) is 13.5. The Morgan fingerprint density at radius 3 is 2.68 bits per heavy atom. The van der Waals surface area contributed by atoms with Crippen LogP contribution >= 0.6 is 11.3 Å². The average molecular weight is 275 g/mol. The number of carbonyl (C=O) groups is 1. The standard InChI is InChI=1S/C14H17N3OS/c1-3-12-10(2)19-14(16-12)17-13(18)9-15-11-7-5-4-6-8-11/h4-8,15H,3,9H2,1-2H3,(H,16,17,18). The number of benzene rings is 1. The number of hydrogen-bond acceptors (Lipinski definition) is 4. The largest absolute Gasteiger partial charge is 0.376 e. The molecular formula is C14H17N3OS. The van der Waals surface area contributed by atoms with Gasteiger partial charge in [-0.25, -0.2) is 4.98 Å². The Morgan fingerprint density at radius 1 is 1.32 bits per heavy atom. The molecule has 100 valence electrons. The van der Waals surface area contributed by atoms with Gasteiger partial charge in [0.15, 0.2) is 5.13 Å². The van der Waals surface area contributed by atoms with Crippen molar-refractivity contribution in [3.05, 3.63) is 40.9 Å². The van der Waals surface area contributed by atoms with Crippen molar-refractivity contribution in [1.29, 1.82) is 0 Å². The van der Waals surface area contributed by atoms with Crippen molar-refractivity contribution in [2.75, 3.05) is 17.2 Å². The van der Waals surface area contributed by atoms with Gasteiger partial charge in [0.25, 0.3) is 0 Å². The number of para-hydroxylation sites is 1. The summed E-state index contributed by atoms with van der Waals surface area (Å²) < 4.78 is 0. The summed E-state index contributed by atoms with van der Waals surface area (Å²) in [6, 6.07) is 9.65. The highest BCUT2D eigenvalue weighted by Crippen LogP contribution is 2.22. The van der Waals surface area contributed by atoms with Gasteiger partial charge in [-0.1, -0.05) is 25.1 Å². The average Bonchev–Trinajstić information content (AvgIpc) is 2.77. The minimum absolute atomic E-state index is 0.0831. The third kappa shape index (κ3) is 3.79. The molecule has 0 spiro atoms. The van der Waals surface area contributed by atoms with E-state index in [0.29, 0.717) is 5.13 Å². The molecule has 0 saturated carbocycles. The van der Waals surface area contributed by atoms with Gasteiger partial charge in [0.05, 0.1) is 12.2 Å². The molecule has 2 aromatic rings. The van der Waals surface area contributed by atoms with E-state index in [2.05, 4.69) is 22.5 Å². The molecule has 1 heterocycles. The number of amides is 1. The molecule has 0 unspecified atom stereocenters. The number of nitrogens with zero attached hydrogens (tertiary/aromatic N) is 1. The summed E-state index contributed by atoms with van der Waals surface area (Å²) >= 11 is 1.52. The molecule has 0 fully saturated rings. The Labute approximate surface area is 116 Å². The highest BCUT2D eigenvalue weighted by atomic mass is 32.1. The second-order valence-electron chi connectivity index (χ2n) is 4.14. The number of carbonyl (C=O) groups excluding carboxylic acids is 1. The van der Waals surface area contributed by atoms with Crippen molar-refractivity contribution in [3.8, 4) is 0 Å². The summed E-state index contributed by atoms with van der Waals surface area (Å²) in [4.78, 5) is 17.3. The van der Waals surface area contributed by atoms with Crippen LogP contribution in [-0.4, -0.2) is 17.4 Å². The van der Waals surface area contributed by atoms with E-state index in [9.17, 15) is 4.79 Å². The molecule has 2 rings (SSSR count). The number of rotatable bonds is 5. The van der Waals surface area contributed by atoms with E-state index in [1.807, 2.05) is 37.3 Å². The van der Waals surface area contributed by atoms with Gasteiger partial charge in [0.1, 0.15) is 0 Å². The third-order valence-electron chi connectivity index (χ3n) is 2.70. The number of aromatic nitrogens is 1. The summed E-state index contributed by atoms with van der Waals surface area (Å²) in [6.07, 6.45) is 0.889. The molecule has 0 radical (unpaired) electrons. The number of anilines is 2. The van der Waals surface area contributed by atoms with Crippen molar-refractivity contribution in [2.45, 2.75) is 20.3 Å². The van der Waals surface area contributed by atoms with E-state index in [0.717, 1.165) is 22.7 Å². The van der Waals surface area contributed by atoms with Crippen LogP contribution in [0.4, 0.5) is 10.8 Å². The first-order chi connectivity index (χ1) is 9.19. The van der Waals surface area contributed by atoms with Gasteiger partial charge in [-0.15, -0.1) is 11.3 Å². The Morgan fingerprint density at radius 2 is 2.05 bits per heavy atom. The van der Waals surface area contributed by atoms with E-state index >= 15 is 0 Å². The van der Waals surface area contributed by atoms with E-state index in [-0.39, 0.29) is 12.5 Å². The van der Waals surface area contributed by atoms with Crippen molar-refractivity contribution < 1.29 is 4.79 Å². The van der Waals surface area contributed by atoms with Crippen LogP contribution in [0.1, 0.15) is 17.5 Å². The molecule has 1 amide bonds. The fraction of sp³-hybridized carbons (Fsp3) is 0.286. The summed E-state index contributed by atoms with van der Waals surface area (Å²) in [5, 5.41) is 6.55. The third-order valence-corrected chi connectivity index (χ3v) is 3.63. The van der Waals surface area contributed by atoms with Gasteiger partial charge in [-0.2, -0.15) is 0 Å². The monoisotopic (exact) mass is 275 g/mol. The summed E-state index contributed by atoms with van der Waals surface area (Å²) in [7, 11) is 0. The Kier molecular flexibility index (Phi) is 4.52. The predicted molar refractivity (Wildman–Crippen MR) is 79.8 cm³/mol. The number of thiazole rings is 1. The lowest BCUT2D eigenvalue weighted by atomic mass is 10.3. The second-order valence-corrected chi connectivity index (χ2v) is 5.35. The molecule has 0 saturated heterocycles. The fourth-order valence-electron chi connectivity index (χ4n) is 1.71. The summed E-state index contributed by atoms with van der Waals surface area (Å²) in [5.74, 6) is -0.0831. The van der Waals surface area contributed by atoms with Crippen molar-refractivity contribution >= 4 is 28.1 Å². The molecule has 5 heteroatoms. The molecule has 0 aliphatic rings. The van der Waals surface area contributed by atoms with Crippen molar-refractivity contribution in [3.63, 3.8) is 0 Å². The van der Waals surface area contributed by atoms with Crippen LogP contribution in [0.2, 0.25) is 0 Å². The molecule has 0 aliphatic carbocycles. The first-order valence-electron chi connectivity index (χ1n) is 6.24. The highest BCUT2D eigenvalue weighted by molar-refractivity contribution is 7.15. The lowest BCUT2D eigenvalue weighted by Crippen LogP contribution is -2.21. The maximum atomic E-state index is 11.8. The topological polar surface area (TPSA) is 54.0 Å². The molecule has 0 aliphatic heterocycles. The van der Waals surface area contributed by atoms with Crippen LogP contribution in [0.15, 0.2) is 30.3 Å². The van der Waals surface area contributed by atoms with Crippen LogP contribution in [-0.2, 0) is 11.2 Å². The van der Waals surface area contributed by atoms with Gasteiger partial charge in [0.2, 0.25) is 5.91 Å². The minimum atomic E-state index is -0.0831. The van der Waals surface area contributed by atoms with Crippen LogP contribution in [0, 0.1) is 6.92 Å². The normalized spacial score (nSPS) is 10.2. The number of aryl methyl sites for hydroxylation is 2. The SMILES string of the molecule is CCc1nc(NC(=O)CNc2ccccc2)sc1C. The smallest absolute Gasteiger partial charge is 0.245 e. The Balaban J connectivity index is 1.87. The van der Waals surface area contributed by atoms with E-state index in [1.165, 1.54) is 11.3 Å². The van der Waals surface area contributed by atoms with Crippen molar-refractivity contribution in [2.24, 2.45) is 0 Å². The number of nitrogens with one attached hydrogen (secondary N) is 2. The molecule has 19 heavy (non-hydrogen) atoms. The van der Waals surface area contributed by atoms with Crippen LogP contribution in [0.3, 0.4) is 0 Å². The van der Waals surface area contributed by atoms with Crippen molar-refractivity contribution in [1.82, 2.24) is 4.98 Å². The predicted octanol–water partition coefficient (Wildman–Crippen LogP) is 3.06. The lowest BCUT2D eigenvalue weighted by Gasteiger charge is -2.05. The molecule has 1 aromatic heterocycles. The maximum Gasteiger partial charge on any atom is 0.245 e. The quantitative estimate of drug-likeness (QED) is 0.881. The zero-order valence-electron chi connectivity index (χ0n) is 11.1.